The number of pyridine rings is 1. The van der Waals surface area contributed by atoms with Crippen molar-refractivity contribution in [2.24, 2.45) is 0 Å². The van der Waals surface area contributed by atoms with Gasteiger partial charge in [0.25, 0.3) is 5.91 Å². The van der Waals surface area contributed by atoms with E-state index in [0.717, 1.165) is 4.60 Å². The molecule has 0 aliphatic heterocycles. The average molecular weight is 267 g/mol. The maximum absolute atomic E-state index is 11.5. The van der Waals surface area contributed by atoms with Crippen LogP contribution in [0.3, 0.4) is 0 Å². The number of hydrogen-bond donors (Lipinski definition) is 2. The number of aromatic amines is 1. The predicted molar refractivity (Wildman–Crippen MR) is 58.5 cm³/mol. The molecule has 2 aromatic rings. The van der Waals surface area contributed by atoms with Gasteiger partial charge in [-0.15, -0.1) is 0 Å². The normalized spacial score (nSPS) is 9.93. The van der Waals surface area contributed by atoms with E-state index in [4.69, 9.17) is 0 Å². The van der Waals surface area contributed by atoms with Gasteiger partial charge in [-0.3, -0.25) is 9.89 Å². The van der Waals surface area contributed by atoms with Crippen molar-refractivity contribution in [1.82, 2.24) is 15.2 Å². The summed E-state index contributed by atoms with van der Waals surface area (Å²) in [6, 6.07) is 3.51. The van der Waals surface area contributed by atoms with Gasteiger partial charge in [0.1, 0.15) is 4.60 Å². The smallest absolute Gasteiger partial charge is 0.258 e. The Morgan fingerprint density at radius 3 is 2.87 bits per heavy atom. The molecule has 0 radical (unpaired) electrons. The quantitative estimate of drug-likeness (QED) is 0.815. The van der Waals surface area contributed by atoms with Gasteiger partial charge in [-0.25, -0.2) is 4.98 Å². The summed E-state index contributed by atoms with van der Waals surface area (Å²) >= 11 is 3.21. The standard InChI is InChI=1S/C9H7BrN4O/c10-8-2-1-7(5-11-8)14-9(15)6-3-12-13-4-6/h1-5H,(H,12,13)(H,14,15). The Bertz CT molecular complexity index is 451. The largest absolute Gasteiger partial charge is 0.320 e. The van der Waals surface area contributed by atoms with Crippen LogP contribution in [0.5, 0.6) is 0 Å². The molecule has 76 valence electrons. The van der Waals surface area contributed by atoms with E-state index >= 15 is 0 Å². The summed E-state index contributed by atoms with van der Waals surface area (Å²) in [6.07, 6.45) is 4.56. The summed E-state index contributed by atoms with van der Waals surface area (Å²) in [6.45, 7) is 0. The first-order chi connectivity index (χ1) is 7.25. The molecular formula is C9H7BrN4O. The monoisotopic (exact) mass is 266 g/mol. The predicted octanol–water partition coefficient (Wildman–Crippen LogP) is 1.82. The number of nitrogens with zero attached hydrogens (tertiary/aromatic N) is 2. The lowest BCUT2D eigenvalue weighted by atomic mass is 10.3. The molecule has 0 unspecified atom stereocenters. The van der Waals surface area contributed by atoms with Crippen molar-refractivity contribution in [2.75, 3.05) is 5.32 Å². The average Bonchev–Trinajstić information content (AvgIpc) is 2.74. The van der Waals surface area contributed by atoms with Crippen LogP contribution >= 0.6 is 15.9 Å². The topological polar surface area (TPSA) is 70.7 Å². The van der Waals surface area contributed by atoms with Gasteiger partial charge in [-0.1, -0.05) is 0 Å². The molecule has 0 atom stereocenters. The number of nitrogens with one attached hydrogen (secondary N) is 2. The minimum atomic E-state index is -0.215. The zero-order valence-corrected chi connectivity index (χ0v) is 9.15. The van der Waals surface area contributed by atoms with Gasteiger partial charge in [-0.2, -0.15) is 5.10 Å². The summed E-state index contributed by atoms with van der Waals surface area (Å²) in [5.41, 5.74) is 1.13. The Balaban J connectivity index is 2.09. The minimum Gasteiger partial charge on any atom is -0.320 e. The summed E-state index contributed by atoms with van der Waals surface area (Å²) in [5.74, 6) is -0.215. The number of anilines is 1. The molecule has 0 fully saturated rings. The van der Waals surface area contributed by atoms with Gasteiger partial charge in [-0.05, 0) is 28.1 Å². The fourth-order valence-corrected chi connectivity index (χ4v) is 1.26. The maximum Gasteiger partial charge on any atom is 0.258 e. The van der Waals surface area contributed by atoms with Gasteiger partial charge in [0, 0.05) is 6.20 Å². The highest BCUT2D eigenvalue weighted by Gasteiger charge is 2.06. The second kappa shape index (κ2) is 4.22. The third-order valence-corrected chi connectivity index (χ3v) is 2.21. The summed E-state index contributed by atoms with van der Waals surface area (Å²) in [4.78, 5) is 15.5. The first-order valence-corrected chi connectivity index (χ1v) is 4.97. The molecule has 0 saturated carbocycles. The van der Waals surface area contributed by atoms with E-state index in [0.29, 0.717) is 11.3 Å². The molecule has 0 aliphatic carbocycles. The number of carbonyl (C=O) groups is 1. The van der Waals surface area contributed by atoms with Crippen LogP contribution in [0.15, 0.2) is 35.3 Å². The van der Waals surface area contributed by atoms with Crippen LogP contribution in [0, 0.1) is 0 Å². The molecule has 5 nitrogen and oxygen atoms in total. The molecular weight excluding hydrogens is 260 g/mol. The van der Waals surface area contributed by atoms with Crippen molar-refractivity contribution >= 4 is 27.5 Å². The van der Waals surface area contributed by atoms with Crippen LogP contribution in [0.4, 0.5) is 5.69 Å². The highest BCUT2D eigenvalue weighted by Crippen LogP contribution is 2.11. The van der Waals surface area contributed by atoms with Crippen molar-refractivity contribution in [3.8, 4) is 0 Å². The minimum absolute atomic E-state index is 0.215. The molecule has 15 heavy (non-hydrogen) atoms. The van der Waals surface area contributed by atoms with E-state index in [-0.39, 0.29) is 5.91 Å². The number of aromatic nitrogens is 3. The zero-order chi connectivity index (χ0) is 10.7. The van der Waals surface area contributed by atoms with E-state index in [2.05, 4.69) is 36.4 Å². The van der Waals surface area contributed by atoms with Crippen LogP contribution in [-0.4, -0.2) is 21.1 Å². The molecule has 2 N–H and O–H groups in total. The number of H-pyrrole nitrogens is 1. The van der Waals surface area contributed by atoms with Crippen molar-refractivity contribution in [2.45, 2.75) is 0 Å². The molecule has 1 amide bonds. The Morgan fingerprint density at radius 1 is 1.40 bits per heavy atom. The lowest BCUT2D eigenvalue weighted by Gasteiger charge is -2.01. The number of carbonyl (C=O) groups excluding carboxylic acids is 1. The van der Waals surface area contributed by atoms with Gasteiger partial charge in [0.05, 0.1) is 23.6 Å². The van der Waals surface area contributed by atoms with E-state index in [1.54, 1.807) is 18.3 Å². The molecule has 6 heteroatoms. The fourth-order valence-electron chi connectivity index (χ4n) is 1.03. The van der Waals surface area contributed by atoms with Crippen molar-refractivity contribution in [3.05, 3.63) is 40.9 Å². The Kier molecular flexibility index (Phi) is 2.77. The second-order valence-corrected chi connectivity index (χ2v) is 3.62. The van der Waals surface area contributed by atoms with E-state index in [1.807, 2.05) is 0 Å². The van der Waals surface area contributed by atoms with Crippen molar-refractivity contribution in [3.63, 3.8) is 0 Å². The third-order valence-electron chi connectivity index (χ3n) is 1.75. The van der Waals surface area contributed by atoms with Gasteiger partial charge in [0.15, 0.2) is 0 Å². The SMILES string of the molecule is O=C(Nc1ccc(Br)nc1)c1cn[nH]c1. The Hall–Kier alpha value is -1.69. The van der Waals surface area contributed by atoms with E-state index < -0.39 is 0 Å². The highest BCUT2D eigenvalue weighted by atomic mass is 79.9. The molecule has 0 bridgehead atoms. The number of hydrogen-bond acceptors (Lipinski definition) is 3. The van der Waals surface area contributed by atoms with Crippen molar-refractivity contribution in [1.29, 1.82) is 0 Å². The van der Waals surface area contributed by atoms with Crippen LogP contribution in [0.25, 0.3) is 0 Å². The third kappa shape index (κ3) is 2.41. The summed E-state index contributed by atoms with van der Waals surface area (Å²) < 4.78 is 0.726. The van der Waals surface area contributed by atoms with Crippen molar-refractivity contribution < 1.29 is 4.79 Å². The summed E-state index contributed by atoms with van der Waals surface area (Å²) in [7, 11) is 0. The summed E-state index contributed by atoms with van der Waals surface area (Å²) in [5, 5.41) is 8.95. The van der Waals surface area contributed by atoms with Gasteiger partial charge in [0.2, 0.25) is 0 Å². The number of halogens is 1. The molecule has 2 aromatic heterocycles. The lowest BCUT2D eigenvalue weighted by molar-refractivity contribution is 0.102. The Morgan fingerprint density at radius 2 is 2.27 bits per heavy atom. The molecule has 0 aliphatic rings. The number of rotatable bonds is 2. The Labute approximate surface area is 94.0 Å². The highest BCUT2D eigenvalue weighted by molar-refractivity contribution is 9.10. The molecule has 2 heterocycles. The van der Waals surface area contributed by atoms with Gasteiger partial charge >= 0.3 is 0 Å². The van der Waals surface area contributed by atoms with Crippen LogP contribution < -0.4 is 5.32 Å². The van der Waals surface area contributed by atoms with Crippen LogP contribution in [0.1, 0.15) is 10.4 Å². The van der Waals surface area contributed by atoms with Gasteiger partial charge < -0.3 is 5.32 Å². The molecule has 2 rings (SSSR count). The number of amides is 1. The first-order valence-electron chi connectivity index (χ1n) is 4.17. The molecule has 0 aromatic carbocycles. The van der Waals surface area contributed by atoms with E-state index in [9.17, 15) is 4.79 Å². The first kappa shape index (κ1) is 9.85. The van der Waals surface area contributed by atoms with Crippen LogP contribution in [0.2, 0.25) is 0 Å². The lowest BCUT2D eigenvalue weighted by Crippen LogP contribution is -2.10. The van der Waals surface area contributed by atoms with E-state index in [1.165, 1.54) is 12.4 Å². The maximum atomic E-state index is 11.5. The second-order valence-electron chi connectivity index (χ2n) is 2.81. The van der Waals surface area contributed by atoms with Crippen LogP contribution in [-0.2, 0) is 0 Å². The zero-order valence-electron chi connectivity index (χ0n) is 7.57. The molecule has 0 saturated heterocycles. The molecule has 0 spiro atoms. The fraction of sp³-hybridized carbons (Fsp3) is 0.